The number of nitrogens with one attached hydrogen (secondary N) is 1. The molecular formula is C27H25N7O3. The topological polar surface area (TPSA) is 130 Å². The van der Waals surface area contributed by atoms with E-state index in [1.165, 1.54) is 23.4 Å². The normalized spacial score (nSPS) is 13.4. The van der Waals surface area contributed by atoms with Crippen molar-refractivity contribution in [2.24, 2.45) is 0 Å². The van der Waals surface area contributed by atoms with E-state index in [2.05, 4.69) is 26.1 Å². The molecule has 1 N–H and O–H groups in total. The number of carbonyl (C=O) groups is 2. The Kier molecular flexibility index (Phi) is 6.51. The number of likely N-dealkylation sites (tertiary alicyclic amines) is 1. The van der Waals surface area contributed by atoms with Gasteiger partial charge in [-0.25, -0.2) is 14.6 Å². The number of hydrogen-bond donors (Lipinski definition) is 1. The van der Waals surface area contributed by atoms with E-state index >= 15 is 0 Å². The summed E-state index contributed by atoms with van der Waals surface area (Å²) in [7, 11) is 0. The molecule has 0 unspecified atom stereocenters. The number of benzene rings is 1. The Hall–Kier alpha value is -4.78. The van der Waals surface area contributed by atoms with Crippen LogP contribution in [0.1, 0.15) is 41.5 Å². The summed E-state index contributed by atoms with van der Waals surface area (Å²) in [5, 5.41) is 14.5. The van der Waals surface area contributed by atoms with E-state index < -0.39 is 11.7 Å². The Morgan fingerprint density at radius 3 is 2.57 bits per heavy atom. The predicted molar refractivity (Wildman–Crippen MR) is 136 cm³/mol. The van der Waals surface area contributed by atoms with Crippen molar-refractivity contribution < 1.29 is 14.3 Å². The minimum absolute atomic E-state index is 0.215. The van der Waals surface area contributed by atoms with Gasteiger partial charge in [-0.05, 0) is 37.8 Å². The number of rotatable bonds is 6. The molecule has 0 radical (unpaired) electrons. The van der Waals surface area contributed by atoms with Gasteiger partial charge in [0.2, 0.25) is 0 Å². The van der Waals surface area contributed by atoms with Gasteiger partial charge in [0.15, 0.2) is 5.82 Å². The molecular weight excluding hydrogens is 470 g/mol. The Morgan fingerprint density at radius 1 is 1.16 bits per heavy atom. The first-order valence-corrected chi connectivity index (χ1v) is 12.0. The number of amides is 1. The summed E-state index contributed by atoms with van der Waals surface area (Å²) >= 11 is 0. The summed E-state index contributed by atoms with van der Waals surface area (Å²) in [6.45, 7) is 4.70. The molecule has 0 spiro atoms. The number of nitrogens with zero attached hydrogens (tertiary/aromatic N) is 6. The average Bonchev–Trinajstić information content (AvgIpc) is 3.57. The fourth-order valence-electron chi connectivity index (χ4n) is 4.61. The molecule has 1 aliphatic heterocycles. The van der Waals surface area contributed by atoms with Crippen molar-refractivity contribution in [2.75, 3.05) is 19.7 Å². The third-order valence-corrected chi connectivity index (χ3v) is 6.40. The highest BCUT2D eigenvalue weighted by Gasteiger charge is 2.30. The maximum Gasteiger partial charge on any atom is 0.295 e. The van der Waals surface area contributed by atoms with Gasteiger partial charge in [-0.1, -0.05) is 30.3 Å². The lowest BCUT2D eigenvalue weighted by Gasteiger charge is -2.28. The van der Waals surface area contributed by atoms with Crippen LogP contribution in [0.4, 0.5) is 0 Å². The van der Waals surface area contributed by atoms with Crippen LogP contribution in [0.5, 0.6) is 5.75 Å². The zero-order chi connectivity index (χ0) is 25.9. The highest BCUT2D eigenvalue weighted by Crippen LogP contribution is 2.33. The Bertz CT molecular complexity index is 1550. The molecule has 1 fully saturated rings. The van der Waals surface area contributed by atoms with Gasteiger partial charge in [-0.15, -0.1) is 0 Å². The molecule has 37 heavy (non-hydrogen) atoms. The number of carbonyl (C=O) groups excluding carboxylic acids is 2. The summed E-state index contributed by atoms with van der Waals surface area (Å²) in [5.41, 5.74) is 3.24. The van der Waals surface area contributed by atoms with Crippen LogP contribution in [0, 0.1) is 18.3 Å². The highest BCUT2D eigenvalue weighted by molar-refractivity contribution is 6.45. The predicted octanol–water partition coefficient (Wildman–Crippen LogP) is 3.63. The molecule has 1 aromatic carbocycles. The number of pyridine rings is 1. The van der Waals surface area contributed by atoms with Crippen molar-refractivity contribution in [2.45, 2.75) is 26.7 Å². The fraction of sp³-hybridized carbons (Fsp3) is 0.259. The van der Waals surface area contributed by atoms with E-state index in [9.17, 15) is 14.9 Å². The molecule has 1 aliphatic rings. The summed E-state index contributed by atoms with van der Waals surface area (Å²) in [6, 6.07) is 11.8. The molecule has 1 amide bonds. The molecule has 4 heterocycles. The largest absolute Gasteiger partial charge is 0.492 e. The highest BCUT2D eigenvalue weighted by atomic mass is 16.5. The fourth-order valence-corrected chi connectivity index (χ4v) is 4.61. The van der Waals surface area contributed by atoms with Crippen LogP contribution in [0.15, 0.2) is 54.6 Å². The lowest BCUT2D eigenvalue weighted by atomic mass is 9.93. The van der Waals surface area contributed by atoms with Crippen LogP contribution in [0.3, 0.4) is 0 Å². The first kappa shape index (κ1) is 23.9. The number of Topliss-reactive ketones (excluding diaryl/α,β-unsaturated/α-hetero) is 1. The maximum atomic E-state index is 13.4. The van der Waals surface area contributed by atoms with Gasteiger partial charge >= 0.3 is 0 Å². The third kappa shape index (κ3) is 4.47. The summed E-state index contributed by atoms with van der Waals surface area (Å²) < 4.78 is 7.25. The molecule has 10 heteroatoms. The molecule has 0 bridgehead atoms. The van der Waals surface area contributed by atoms with E-state index in [0.29, 0.717) is 66.4 Å². The van der Waals surface area contributed by atoms with Crippen LogP contribution in [-0.2, 0) is 4.79 Å². The van der Waals surface area contributed by atoms with Gasteiger partial charge < -0.3 is 14.6 Å². The lowest BCUT2D eigenvalue weighted by Crippen LogP contribution is -2.40. The van der Waals surface area contributed by atoms with Crippen molar-refractivity contribution in [3.8, 4) is 17.6 Å². The SMILES string of the molecule is CCOc1cnc(-n2cnc(C)n2)c2[nH]cc(C(=O)C(=O)N3CCC(=C(C#N)c4ccccc4)CC3)c12. The second-order valence-corrected chi connectivity index (χ2v) is 8.65. The number of allylic oxidation sites excluding steroid dienone is 1. The minimum Gasteiger partial charge on any atom is -0.492 e. The lowest BCUT2D eigenvalue weighted by molar-refractivity contribution is -0.126. The molecule has 10 nitrogen and oxygen atoms in total. The van der Waals surface area contributed by atoms with Gasteiger partial charge in [0.25, 0.3) is 11.7 Å². The molecule has 0 aliphatic carbocycles. The van der Waals surface area contributed by atoms with Gasteiger partial charge in [0, 0.05) is 19.3 Å². The van der Waals surface area contributed by atoms with Crippen molar-refractivity contribution >= 4 is 28.2 Å². The van der Waals surface area contributed by atoms with Crippen LogP contribution >= 0.6 is 0 Å². The molecule has 0 saturated carbocycles. The smallest absolute Gasteiger partial charge is 0.295 e. The van der Waals surface area contributed by atoms with Crippen LogP contribution < -0.4 is 4.74 Å². The van der Waals surface area contributed by atoms with Gasteiger partial charge in [-0.2, -0.15) is 10.4 Å². The number of hydrogen-bond acceptors (Lipinski definition) is 7. The zero-order valence-corrected chi connectivity index (χ0v) is 20.6. The number of nitriles is 1. The average molecular weight is 496 g/mol. The van der Waals surface area contributed by atoms with Gasteiger partial charge in [0.1, 0.15) is 17.9 Å². The van der Waals surface area contributed by atoms with E-state index in [0.717, 1.165) is 11.1 Å². The maximum absolute atomic E-state index is 13.4. The molecule has 3 aromatic heterocycles. The summed E-state index contributed by atoms with van der Waals surface area (Å²) in [5.74, 6) is 0.210. The first-order valence-electron chi connectivity index (χ1n) is 12.0. The van der Waals surface area contributed by atoms with E-state index in [1.807, 2.05) is 37.3 Å². The van der Waals surface area contributed by atoms with E-state index in [-0.39, 0.29) is 5.56 Å². The van der Waals surface area contributed by atoms with Crippen LogP contribution in [0.2, 0.25) is 0 Å². The molecule has 186 valence electrons. The second kappa shape index (κ2) is 10.1. The Morgan fingerprint density at radius 2 is 1.92 bits per heavy atom. The van der Waals surface area contributed by atoms with Crippen LogP contribution in [-0.4, -0.2) is 61.0 Å². The summed E-state index contributed by atoms with van der Waals surface area (Å²) in [4.78, 5) is 39.9. The quantitative estimate of drug-likeness (QED) is 0.246. The number of aromatic nitrogens is 5. The van der Waals surface area contributed by atoms with Crippen LogP contribution in [0.25, 0.3) is 22.3 Å². The van der Waals surface area contributed by atoms with Gasteiger partial charge in [-0.3, -0.25) is 9.59 Å². The van der Waals surface area contributed by atoms with E-state index in [1.54, 1.807) is 11.8 Å². The van der Waals surface area contributed by atoms with Crippen molar-refractivity contribution in [1.82, 2.24) is 29.6 Å². The van der Waals surface area contributed by atoms with Crippen molar-refractivity contribution in [1.29, 1.82) is 5.26 Å². The minimum atomic E-state index is -0.630. The third-order valence-electron chi connectivity index (χ3n) is 6.40. The number of ketones is 1. The molecule has 1 saturated heterocycles. The molecule has 0 atom stereocenters. The van der Waals surface area contributed by atoms with Crippen molar-refractivity contribution in [3.05, 3.63) is 71.6 Å². The number of fused-ring (bicyclic) bond motifs is 1. The number of ether oxygens (including phenoxy) is 1. The van der Waals surface area contributed by atoms with E-state index in [4.69, 9.17) is 4.74 Å². The number of aromatic amines is 1. The van der Waals surface area contributed by atoms with Gasteiger partial charge in [0.05, 0.1) is 40.9 Å². The standard InChI is InChI=1S/C27H25N7O3/c1-3-37-22-15-30-26(34-16-31-17(2)32-34)24-23(22)21(14-29-24)25(35)27(36)33-11-9-19(10-12-33)20(13-28)18-7-5-4-6-8-18/h4-8,14-16,29H,3,9-12H2,1-2H3. The summed E-state index contributed by atoms with van der Waals surface area (Å²) in [6.07, 6.45) is 5.65. The molecule has 4 aromatic rings. The Balaban J connectivity index is 1.42. The number of H-pyrrole nitrogens is 1. The Labute approximate surface area is 213 Å². The first-order chi connectivity index (χ1) is 18.0. The number of piperidine rings is 1. The second-order valence-electron chi connectivity index (χ2n) is 8.65. The molecule has 5 rings (SSSR count). The zero-order valence-electron chi connectivity index (χ0n) is 20.6. The number of aryl methyl sites for hydroxylation is 1. The van der Waals surface area contributed by atoms with Crippen molar-refractivity contribution in [3.63, 3.8) is 0 Å². The monoisotopic (exact) mass is 495 g/mol.